The molecule has 0 saturated heterocycles. The Morgan fingerprint density at radius 2 is 1.91 bits per heavy atom. The van der Waals surface area contributed by atoms with Gasteiger partial charge in [0.15, 0.2) is 0 Å². The maximum Gasteiger partial charge on any atom is 0.327 e. The van der Waals surface area contributed by atoms with Crippen molar-refractivity contribution in [2.75, 3.05) is 5.32 Å². The maximum atomic E-state index is 12.2. The quantitative estimate of drug-likeness (QED) is 0.621. The monoisotopic (exact) mass is 349 g/mol. The van der Waals surface area contributed by atoms with Crippen molar-refractivity contribution in [3.63, 3.8) is 0 Å². The summed E-state index contributed by atoms with van der Waals surface area (Å²) in [7, 11) is 0. The van der Waals surface area contributed by atoms with E-state index in [1.807, 2.05) is 6.07 Å². The first-order valence-corrected chi connectivity index (χ1v) is 7.16. The Kier molecular flexibility index (Phi) is 3.64. The fourth-order valence-electron chi connectivity index (χ4n) is 2.52. The first-order valence-electron chi connectivity index (χ1n) is 6.40. The van der Waals surface area contributed by atoms with Crippen molar-refractivity contribution in [3.8, 4) is 6.07 Å². The van der Waals surface area contributed by atoms with Crippen LogP contribution in [0.5, 0.6) is 0 Å². The molecule has 7 nitrogen and oxygen atoms in total. The van der Waals surface area contributed by atoms with Crippen LogP contribution in [0.3, 0.4) is 0 Å². The highest BCUT2D eigenvalue weighted by Gasteiger charge is 2.32. The largest absolute Gasteiger partial charge is 0.384 e. The van der Waals surface area contributed by atoms with E-state index < -0.39 is 17.2 Å². The molecule has 1 aliphatic heterocycles. The zero-order valence-corrected chi connectivity index (χ0v) is 12.9. The fourth-order valence-corrected chi connectivity index (χ4v) is 2.83. The van der Waals surface area contributed by atoms with Gasteiger partial charge in [-0.3, -0.25) is 14.8 Å². The lowest BCUT2D eigenvalue weighted by Gasteiger charge is -2.26. The summed E-state index contributed by atoms with van der Waals surface area (Å²) in [6, 6.07) is 6.75. The molecule has 0 aliphatic carbocycles. The third-order valence-corrected chi connectivity index (χ3v) is 4.24. The van der Waals surface area contributed by atoms with E-state index >= 15 is 0 Å². The van der Waals surface area contributed by atoms with Gasteiger partial charge in [0.05, 0.1) is 33.2 Å². The molecule has 23 heavy (non-hydrogen) atoms. The molecule has 3 rings (SSSR count). The number of allylic oxidation sites excluding steroid dienone is 1. The normalized spacial score (nSPS) is 16.5. The molecule has 2 heterocycles. The summed E-state index contributed by atoms with van der Waals surface area (Å²) >= 11 is 11.9. The van der Waals surface area contributed by atoms with Crippen molar-refractivity contribution in [1.82, 2.24) is 9.97 Å². The molecule has 1 unspecified atom stereocenters. The van der Waals surface area contributed by atoms with Gasteiger partial charge in [-0.05, 0) is 17.7 Å². The van der Waals surface area contributed by atoms with E-state index in [4.69, 9.17) is 28.9 Å². The molecule has 5 N–H and O–H groups in total. The standard InChI is InChI=1S/C14H9Cl2N5O2/c15-7-2-1-5(3-8(7)16)9-6(4-17)11(18)19-12-10(9)13(22)21-14(23)20-12/h1-3,9H,18H2,(H3,19,20,21,22,23). The number of halogens is 2. The first kappa shape index (κ1) is 15.2. The number of nitriles is 1. The number of nitrogens with two attached hydrogens (primary N) is 1. The second-order valence-electron chi connectivity index (χ2n) is 4.87. The number of aromatic nitrogens is 2. The average molecular weight is 350 g/mol. The van der Waals surface area contributed by atoms with Gasteiger partial charge < -0.3 is 11.1 Å². The fraction of sp³-hybridized carbons (Fsp3) is 0.0714. The molecular weight excluding hydrogens is 341 g/mol. The lowest BCUT2D eigenvalue weighted by atomic mass is 9.84. The van der Waals surface area contributed by atoms with Crippen molar-refractivity contribution in [2.24, 2.45) is 5.73 Å². The van der Waals surface area contributed by atoms with E-state index in [2.05, 4.69) is 15.3 Å². The summed E-state index contributed by atoms with van der Waals surface area (Å²) in [5, 5.41) is 12.7. The Bertz CT molecular complexity index is 999. The zero-order valence-electron chi connectivity index (χ0n) is 11.4. The SMILES string of the molecule is N#CC1=C(N)Nc2[nH]c(=O)[nH]c(=O)c2C1c1ccc(Cl)c(Cl)c1. The summed E-state index contributed by atoms with van der Waals surface area (Å²) in [6.45, 7) is 0. The molecule has 0 amide bonds. The Morgan fingerprint density at radius 3 is 2.57 bits per heavy atom. The number of nitrogens with one attached hydrogen (secondary N) is 3. The van der Waals surface area contributed by atoms with E-state index in [9.17, 15) is 14.9 Å². The Labute approximate surface area is 139 Å². The number of rotatable bonds is 1. The molecule has 0 fully saturated rings. The molecule has 0 saturated carbocycles. The van der Waals surface area contributed by atoms with Crippen LogP contribution in [0.2, 0.25) is 10.0 Å². The van der Waals surface area contributed by atoms with Crippen molar-refractivity contribution < 1.29 is 0 Å². The smallest absolute Gasteiger partial charge is 0.327 e. The second-order valence-corrected chi connectivity index (χ2v) is 5.68. The van der Waals surface area contributed by atoms with Crippen molar-refractivity contribution >= 4 is 29.0 Å². The highest BCUT2D eigenvalue weighted by Crippen LogP contribution is 2.38. The van der Waals surface area contributed by atoms with E-state index in [0.29, 0.717) is 10.6 Å². The van der Waals surface area contributed by atoms with Gasteiger partial charge in [0, 0.05) is 0 Å². The van der Waals surface area contributed by atoms with Gasteiger partial charge in [-0.1, -0.05) is 29.3 Å². The molecule has 9 heteroatoms. The molecule has 116 valence electrons. The predicted molar refractivity (Wildman–Crippen MR) is 86.4 cm³/mol. The molecule has 0 bridgehead atoms. The second kappa shape index (κ2) is 5.50. The van der Waals surface area contributed by atoms with Gasteiger partial charge in [-0.25, -0.2) is 4.79 Å². The number of hydrogen-bond donors (Lipinski definition) is 4. The van der Waals surface area contributed by atoms with Gasteiger partial charge in [-0.15, -0.1) is 0 Å². The average Bonchev–Trinajstić information content (AvgIpc) is 2.48. The topological polar surface area (TPSA) is 128 Å². The highest BCUT2D eigenvalue weighted by molar-refractivity contribution is 6.42. The van der Waals surface area contributed by atoms with Crippen LogP contribution < -0.4 is 22.3 Å². The lowest BCUT2D eigenvalue weighted by molar-refractivity contribution is 0.865. The van der Waals surface area contributed by atoms with Gasteiger partial charge in [0.2, 0.25) is 0 Å². The van der Waals surface area contributed by atoms with Crippen LogP contribution in [-0.4, -0.2) is 9.97 Å². The summed E-state index contributed by atoms with van der Waals surface area (Å²) in [5.41, 5.74) is 5.43. The van der Waals surface area contributed by atoms with Crippen LogP contribution in [0.25, 0.3) is 0 Å². The number of anilines is 1. The zero-order chi connectivity index (χ0) is 16.7. The van der Waals surface area contributed by atoms with Crippen molar-refractivity contribution in [3.05, 3.63) is 71.6 Å². The predicted octanol–water partition coefficient (Wildman–Crippen LogP) is 1.62. The Balaban J connectivity index is 2.33. The van der Waals surface area contributed by atoms with Crippen LogP contribution in [0, 0.1) is 11.3 Å². The van der Waals surface area contributed by atoms with Crippen LogP contribution >= 0.6 is 23.2 Å². The highest BCUT2D eigenvalue weighted by atomic mass is 35.5. The molecule has 2 aromatic rings. The van der Waals surface area contributed by atoms with Gasteiger partial charge >= 0.3 is 5.69 Å². The summed E-state index contributed by atoms with van der Waals surface area (Å²) in [5.74, 6) is -0.574. The lowest BCUT2D eigenvalue weighted by Crippen LogP contribution is -2.34. The summed E-state index contributed by atoms with van der Waals surface area (Å²) in [6.07, 6.45) is 0. The number of fused-ring (bicyclic) bond motifs is 1. The van der Waals surface area contributed by atoms with Crippen LogP contribution in [0.1, 0.15) is 17.0 Å². The Morgan fingerprint density at radius 1 is 1.17 bits per heavy atom. The van der Waals surface area contributed by atoms with Crippen LogP contribution in [-0.2, 0) is 0 Å². The van der Waals surface area contributed by atoms with Crippen LogP contribution in [0.4, 0.5) is 5.82 Å². The number of nitrogens with zero attached hydrogens (tertiary/aromatic N) is 1. The molecule has 0 radical (unpaired) electrons. The third kappa shape index (κ3) is 2.48. The number of H-pyrrole nitrogens is 2. The molecule has 1 aromatic carbocycles. The van der Waals surface area contributed by atoms with Gasteiger partial charge in [-0.2, -0.15) is 5.26 Å². The molecular formula is C14H9Cl2N5O2. The van der Waals surface area contributed by atoms with E-state index in [1.165, 1.54) is 0 Å². The van der Waals surface area contributed by atoms with E-state index in [0.717, 1.165) is 0 Å². The number of hydrogen-bond acceptors (Lipinski definition) is 5. The van der Waals surface area contributed by atoms with Crippen molar-refractivity contribution in [2.45, 2.75) is 5.92 Å². The molecule has 1 atom stereocenters. The van der Waals surface area contributed by atoms with Gasteiger partial charge in [0.25, 0.3) is 5.56 Å². The third-order valence-electron chi connectivity index (χ3n) is 3.50. The first-order chi connectivity index (χ1) is 10.9. The van der Waals surface area contributed by atoms with E-state index in [1.54, 1.807) is 18.2 Å². The Hall–Kier alpha value is -2.69. The number of benzene rings is 1. The minimum atomic E-state index is -0.772. The molecule has 0 spiro atoms. The van der Waals surface area contributed by atoms with E-state index in [-0.39, 0.29) is 27.8 Å². The van der Waals surface area contributed by atoms with Crippen molar-refractivity contribution in [1.29, 1.82) is 5.26 Å². The number of aromatic amines is 2. The molecule has 1 aromatic heterocycles. The summed E-state index contributed by atoms with van der Waals surface area (Å²) < 4.78 is 0. The minimum Gasteiger partial charge on any atom is -0.384 e. The maximum absolute atomic E-state index is 12.2. The van der Waals surface area contributed by atoms with Crippen LogP contribution in [0.15, 0.2) is 39.2 Å². The minimum absolute atomic E-state index is 0.0531. The summed E-state index contributed by atoms with van der Waals surface area (Å²) in [4.78, 5) is 28.3. The molecule has 1 aliphatic rings. The van der Waals surface area contributed by atoms with Gasteiger partial charge in [0.1, 0.15) is 11.6 Å².